The number of hydrogen-bond acceptors (Lipinski definition) is 5. The van der Waals surface area contributed by atoms with E-state index in [1.807, 2.05) is 0 Å². The van der Waals surface area contributed by atoms with E-state index in [0.717, 1.165) is 24.6 Å². The maximum atomic E-state index is 6.29. The molecule has 24 heavy (non-hydrogen) atoms. The second-order valence-electron chi connectivity index (χ2n) is 7.10. The Hall–Kier alpha value is -1.78. The van der Waals surface area contributed by atoms with Crippen LogP contribution in [0.25, 0.3) is 0 Å². The fraction of sp³-hybridized carbons (Fsp3) is 0.684. The van der Waals surface area contributed by atoms with E-state index in [0.29, 0.717) is 11.7 Å². The van der Waals surface area contributed by atoms with E-state index in [1.54, 1.807) is 11.9 Å². The molecule has 3 rings (SSSR count). The molecular weight excluding hydrogens is 298 g/mol. The quantitative estimate of drug-likeness (QED) is 0.529. The minimum Gasteiger partial charge on any atom is -0.393 e. The average Bonchev–Trinajstić information content (AvgIpc) is 2.88. The lowest BCUT2D eigenvalue weighted by Crippen LogP contribution is -2.21. The Kier molecular flexibility index (Phi) is 6.33. The molecule has 0 unspecified atom stereocenters. The van der Waals surface area contributed by atoms with Gasteiger partial charge in [0, 0.05) is 12.6 Å². The lowest BCUT2D eigenvalue weighted by Gasteiger charge is -2.19. The summed E-state index contributed by atoms with van der Waals surface area (Å²) in [5.74, 6) is 1.55. The van der Waals surface area contributed by atoms with E-state index in [1.165, 1.54) is 64.2 Å². The summed E-state index contributed by atoms with van der Waals surface area (Å²) < 4.78 is 0. The fourth-order valence-electron chi connectivity index (χ4n) is 3.74. The topological polar surface area (TPSA) is 75.9 Å². The van der Waals surface area contributed by atoms with E-state index < -0.39 is 0 Å². The third-order valence-corrected chi connectivity index (χ3v) is 5.20. The van der Waals surface area contributed by atoms with Crippen LogP contribution in [0.2, 0.25) is 0 Å². The molecule has 0 spiro atoms. The molecular formula is C19H31N5. The van der Waals surface area contributed by atoms with Crippen molar-refractivity contribution in [1.82, 2.24) is 9.97 Å². The van der Waals surface area contributed by atoms with Crippen LogP contribution in [-0.4, -0.2) is 22.6 Å². The Morgan fingerprint density at radius 3 is 2.54 bits per heavy atom. The van der Waals surface area contributed by atoms with Gasteiger partial charge in [0.25, 0.3) is 0 Å². The van der Waals surface area contributed by atoms with Gasteiger partial charge in [-0.3, -0.25) is 0 Å². The number of nitrogen functional groups attached to an aromatic ring is 1. The van der Waals surface area contributed by atoms with Crippen molar-refractivity contribution in [3.8, 4) is 0 Å². The minimum atomic E-state index is 0.491. The summed E-state index contributed by atoms with van der Waals surface area (Å²) in [6.07, 6.45) is 17.9. The molecule has 132 valence electrons. The van der Waals surface area contributed by atoms with E-state index in [9.17, 15) is 0 Å². The monoisotopic (exact) mass is 329 g/mol. The van der Waals surface area contributed by atoms with Gasteiger partial charge in [-0.15, -0.1) is 0 Å². The number of aromatic nitrogens is 2. The fourth-order valence-corrected chi connectivity index (χ4v) is 3.74. The molecule has 0 bridgehead atoms. The third-order valence-electron chi connectivity index (χ3n) is 5.20. The summed E-state index contributed by atoms with van der Waals surface area (Å²) in [6.45, 7) is 0.885. The van der Waals surface area contributed by atoms with Crippen molar-refractivity contribution in [1.29, 1.82) is 0 Å². The van der Waals surface area contributed by atoms with Crippen molar-refractivity contribution in [2.24, 2.45) is 0 Å². The number of nitrogens with two attached hydrogens (primary N) is 1. The normalized spacial score (nSPS) is 19.4. The number of nitrogens with zero attached hydrogens (tertiary/aromatic N) is 2. The van der Waals surface area contributed by atoms with Crippen LogP contribution < -0.4 is 16.4 Å². The smallest absolute Gasteiger partial charge is 0.155 e. The lowest BCUT2D eigenvalue weighted by atomic mass is 9.97. The molecule has 0 radical (unpaired) electrons. The highest BCUT2D eigenvalue weighted by atomic mass is 15.1. The minimum absolute atomic E-state index is 0.491. The van der Waals surface area contributed by atoms with Gasteiger partial charge in [-0.05, 0) is 44.9 Å². The number of anilines is 3. The van der Waals surface area contributed by atoms with Crippen LogP contribution in [0.4, 0.5) is 17.3 Å². The van der Waals surface area contributed by atoms with Crippen LogP contribution in [0.1, 0.15) is 70.6 Å². The summed E-state index contributed by atoms with van der Waals surface area (Å²) in [5, 5.41) is 6.94. The van der Waals surface area contributed by atoms with Crippen molar-refractivity contribution in [2.75, 3.05) is 22.9 Å². The zero-order valence-electron chi connectivity index (χ0n) is 14.7. The molecule has 1 aromatic heterocycles. The Bertz CT molecular complexity index is 547. The van der Waals surface area contributed by atoms with Gasteiger partial charge in [0.05, 0.1) is 0 Å². The number of rotatable bonds is 6. The zero-order valence-corrected chi connectivity index (χ0v) is 14.7. The molecule has 0 saturated heterocycles. The Morgan fingerprint density at radius 2 is 1.79 bits per heavy atom. The zero-order chi connectivity index (χ0) is 16.6. The van der Waals surface area contributed by atoms with Crippen LogP contribution in [0, 0.1) is 0 Å². The van der Waals surface area contributed by atoms with Crippen molar-refractivity contribution < 1.29 is 0 Å². The van der Waals surface area contributed by atoms with Gasteiger partial charge in [0.1, 0.15) is 12.0 Å². The van der Waals surface area contributed by atoms with Crippen molar-refractivity contribution in [3.05, 3.63) is 18.0 Å². The molecule has 1 heterocycles. The SMILES string of the molecule is Nc1c(NCCC2=CCCCC2)ncnc1NC1CCCCCC1. The number of hydrogen-bond donors (Lipinski definition) is 3. The van der Waals surface area contributed by atoms with Gasteiger partial charge in [0.15, 0.2) is 11.6 Å². The maximum absolute atomic E-state index is 6.29. The third kappa shape index (κ3) is 4.86. The lowest BCUT2D eigenvalue weighted by molar-refractivity contribution is 0.618. The largest absolute Gasteiger partial charge is 0.393 e. The summed E-state index contributed by atoms with van der Waals surface area (Å²) in [5.41, 5.74) is 8.51. The van der Waals surface area contributed by atoms with Crippen LogP contribution in [0.5, 0.6) is 0 Å². The van der Waals surface area contributed by atoms with Gasteiger partial charge in [-0.2, -0.15) is 0 Å². The molecule has 1 saturated carbocycles. The first-order valence-corrected chi connectivity index (χ1v) is 9.62. The first-order chi connectivity index (χ1) is 11.8. The van der Waals surface area contributed by atoms with E-state index in [-0.39, 0.29) is 0 Å². The van der Waals surface area contributed by atoms with E-state index in [4.69, 9.17) is 5.73 Å². The highest BCUT2D eigenvalue weighted by molar-refractivity contribution is 5.74. The molecule has 1 fully saturated rings. The van der Waals surface area contributed by atoms with E-state index >= 15 is 0 Å². The van der Waals surface area contributed by atoms with Crippen LogP contribution in [0.3, 0.4) is 0 Å². The van der Waals surface area contributed by atoms with Gasteiger partial charge >= 0.3 is 0 Å². The Labute approximate surface area is 145 Å². The van der Waals surface area contributed by atoms with Gasteiger partial charge < -0.3 is 16.4 Å². The molecule has 2 aliphatic rings. The van der Waals surface area contributed by atoms with E-state index in [2.05, 4.69) is 26.7 Å². The summed E-state index contributed by atoms with van der Waals surface area (Å²) in [7, 11) is 0. The molecule has 0 aliphatic heterocycles. The predicted octanol–water partition coefficient (Wildman–Crippen LogP) is 4.50. The standard InChI is InChI=1S/C19H31N5/c20-17-18(21-13-12-15-8-4-3-5-9-15)22-14-23-19(17)24-16-10-6-1-2-7-11-16/h8,14,16H,1-7,9-13,20H2,(H2,21,22,23,24). The molecule has 0 atom stereocenters. The molecule has 2 aliphatic carbocycles. The maximum Gasteiger partial charge on any atom is 0.155 e. The highest BCUT2D eigenvalue weighted by Gasteiger charge is 2.15. The van der Waals surface area contributed by atoms with Crippen molar-refractivity contribution in [3.63, 3.8) is 0 Å². The van der Waals surface area contributed by atoms with Crippen molar-refractivity contribution in [2.45, 2.75) is 76.7 Å². The van der Waals surface area contributed by atoms with Crippen LogP contribution in [-0.2, 0) is 0 Å². The van der Waals surface area contributed by atoms with Crippen LogP contribution in [0.15, 0.2) is 18.0 Å². The Morgan fingerprint density at radius 1 is 1.00 bits per heavy atom. The van der Waals surface area contributed by atoms with Gasteiger partial charge in [0.2, 0.25) is 0 Å². The van der Waals surface area contributed by atoms with Crippen molar-refractivity contribution >= 4 is 17.3 Å². The molecule has 1 aromatic rings. The first kappa shape index (κ1) is 17.1. The highest BCUT2D eigenvalue weighted by Crippen LogP contribution is 2.27. The van der Waals surface area contributed by atoms with Gasteiger partial charge in [-0.1, -0.05) is 37.3 Å². The first-order valence-electron chi connectivity index (χ1n) is 9.62. The molecule has 5 nitrogen and oxygen atoms in total. The van der Waals surface area contributed by atoms with Crippen LogP contribution >= 0.6 is 0 Å². The van der Waals surface area contributed by atoms with Gasteiger partial charge in [-0.25, -0.2) is 9.97 Å². The molecule has 4 N–H and O–H groups in total. The molecule has 0 aromatic carbocycles. The molecule has 5 heteroatoms. The second-order valence-corrected chi connectivity index (χ2v) is 7.10. The predicted molar refractivity (Wildman–Crippen MR) is 101 cm³/mol. The summed E-state index contributed by atoms with van der Waals surface area (Å²) in [6, 6.07) is 0.491. The molecule has 0 amide bonds. The Balaban J connectivity index is 1.55. The summed E-state index contributed by atoms with van der Waals surface area (Å²) in [4.78, 5) is 8.69. The number of nitrogens with one attached hydrogen (secondary N) is 2. The summed E-state index contributed by atoms with van der Waals surface area (Å²) >= 11 is 0. The average molecular weight is 329 g/mol. The number of allylic oxidation sites excluding steroid dienone is 1. The second kappa shape index (κ2) is 8.90.